The number of fused-ring (bicyclic) bond motifs is 1. The normalized spacial score (nSPS) is 15.4. The van der Waals surface area contributed by atoms with Gasteiger partial charge in [0.25, 0.3) is 5.91 Å². The molecule has 0 spiro atoms. The van der Waals surface area contributed by atoms with E-state index in [2.05, 4.69) is 20.6 Å². The van der Waals surface area contributed by atoms with Gasteiger partial charge in [-0.05, 0) is 62.5 Å². The van der Waals surface area contributed by atoms with Crippen LogP contribution < -0.4 is 10.6 Å². The summed E-state index contributed by atoms with van der Waals surface area (Å²) in [4.78, 5) is 21.3. The topological polar surface area (TPSA) is 71.8 Å². The number of halogens is 4. The summed E-state index contributed by atoms with van der Waals surface area (Å²) in [7, 11) is 0. The molecule has 1 aliphatic heterocycles. The summed E-state index contributed by atoms with van der Waals surface area (Å²) in [5, 5.41) is 6.06. The van der Waals surface area contributed by atoms with E-state index in [9.17, 15) is 18.0 Å². The number of aryl methyl sites for hydroxylation is 1. The van der Waals surface area contributed by atoms with E-state index in [-0.39, 0.29) is 16.3 Å². The summed E-state index contributed by atoms with van der Waals surface area (Å²) in [6, 6.07) is 4.19. The number of hydrogen-bond donors (Lipinski definition) is 2. The number of imidazole rings is 1. The summed E-state index contributed by atoms with van der Waals surface area (Å²) < 4.78 is 40.0. The average Bonchev–Trinajstić information content (AvgIpc) is 3.17. The molecular formula is C21H21ClF3N5O. The van der Waals surface area contributed by atoms with Crippen molar-refractivity contribution in [3.8, 4) is 0 Å². The van der Waals surface area contributed by atoms with E-state index in [1.165, 1.54) is 18.3 Å². The maximum Gasteiger partial charge on any atom is 0.416 e. The summed E-state index contributed by atoms with van der Waals surface area (Å²) in [5.41, 5.74) is 0.568. The van der Waals surface area contributed by atoms with Gasteiger partial charge in [-0.3, -0.25) is 4.79 Å². The highest BCUT2D eigenvalue weighted by Crippen LogP contribution is 2.30. The molecule has 3 aromatic rings. The minimum Gasteiger partial charge on any atom is -0.322 e. The van der Waals surface area contributed by atoms with Crippen LogP contribution in [0.25, 0.3) is 11.2 Å². The molecule has 3 heterocycles. The van der Waals surface area contributed by atoms with Gasteiger partial charge in [0.2, 0.25) is 0 Å². The molecule has 31 heavy (non-hydrogen) atoms. The van der Waals surface area contributed by atoms with E-state index in [0.717, 1.165) is 51.0 Å². The van der Waals surface area contributed by atoms with Crippen molar-refractivity contribution in [3.05, 3.63) is 52.9 Å². The van der Waals surface area contributed by atoms with Gasteiger partial charge in [-0.1, -0.05) is 11.6 Å². The number of nitrogens with zero attached hydrogens (tertiary/aromatic N) is 3. The molecule has 164 valence electrons. The molecule has 10 heteroatoms. The zero-order chi connectivity index (χ0) is 22.0. The Hall–Kier alpha value is -2.65. The smallest absolute Gasteiger partial charge is 0.322 e. The molecule has 2 N–H and O–H groups in total. The molecular weight excluding hydrogens is 431 g/mol. The first-order valence-electron chi connectivity index (χ1n) is 10.0. The van der Waals surface area contributed by atoms with Crippen molar-refractivity contribution in [2.75, 3.05) is 18.4 Å². The lowest BCUT2D eigenvalue weighted by molar-refractivity contribution is -0.137. The van der Waals surface area contributed by atoms with Crippen LogP contribution in [-0.2, 0) is 12.7 Å². The minimum absolute atomic E-state index is 0.109. The van der Waals surface area contributed by atoms with E-state index in [4.69, 9.17) is 11.6 Å². The highest BCUT2D eigenvalue weighted by Gasteiger charge is 2.30. The Morgan fingerprint density at radius 3 is 2.58 bits per heavy atom. The minimum atomic E-state index is -4.44. The zero-order valence-corrected chi connectivity index (χ0v) is 17.3. The number of aromatic nitrogens is 3. The maximum atomic E-state index is 12.7. The first-order valence-corrected chi connectivity index (χ1v) is 10.4. The second-order valence-electron chi connectivity index (χ2n) is 7.61. The molecule has 1 fully saturated rings. The number of nitrogens with one attached hydrogen (secondary N) is 2. The van der Waals surface area contributed by atoms with Crippen molar-refractivity contribution in [3.63, 3.8) is 0 Å². The molecule has 1 amide bonds. The van der Waals surface area contributed by atoms with Crippen molar-refractivity contribution >= 4 is 34.4 Å². The van der Waals surface area contributed by atoms with Crippen LogP contribution in [0.5, 0.6) is 0 Å². The lowest BCUT2D eigenvalue weighted by atomic mass is 9.95. The van der Waals surface area contributed by atoms with Crippen LogP contribution in [0.1, 0.15) is 35.2 Å². The van der Waals surface area contributed by atoms with Crippen LogP contribution >= 0.6 is 11.6 Å². The molecule has 6 nitrogen and oxygen atoms in total. The molecule has 2 aromatic heterocycles. The van der Waals surface area contributed by atoms with Crippen molar-refractivity contribution in [2.45, 2.75) is 32.0 Å². The zero-order valence-electron chi connectivity index (χ0n) is 16.5. The van der Waals surface area contributed by atoms with Gasteiger partial charge >= 0.3 is 6.18 Å². The lowest BCUT2D eigenvalue weighted by Crippen LogP contribution is -2.28. The van der Waals surface area contributed by atoms with Crippen molar-refractivity contribution in [1.29, 1.82) is 0 Å². The lowest BCUT2D eigenvalue weighted by Gasteiger charge is -2.22. The standard InChI is InChI=1S/C21H21ClF3N5O/c22-17-16(20(31)29-15-3-1-14(2-4-15)21(23,24)25)11-27-19-18(17)28-12-30(19)10-7-13-5-8-26-9-6-13/h1-4,11-13,26H,5-10H2,(H,29,31). The largest absolute Gasteiger partial charge is 0.416 e. The number of anilines is 1. The van der Waals surface area contributed by atoms with Crippen LogP contribution in [0.2, 0.25) is 5.02 Å². The first kappa shape index (κ1) is 21.6. The summed E-state index contributed by atoms with van der Waals surface area (Å²) in [6.07, 6.45) is 1.91. The Labute approximate surface area is 181 Å². The molecule has 0 saturated carbocycles. The average molecular weight is 452 g/mol. The predicted molar refractivity (Wildman–Crippen MR) is 112 cm³/mol. The second-order valence-corrected chi connectivity index (χ2v) is 7.99. The van der Waals surface area contributed by atoms with E-state index >= 15 is 0 Å². The molecule has 1 aromatic carbocycles. The van der Waals surface area contributed by atoms with Crippen LogP contribution in [0.4, 0.5) is 18.9 Å². The maximum absolute atomic E-state index is 12.7. The number of pyridine rings is 1. The second kappa shape index (κ2) is 8.84. The highest BCUT2D eigenvalue weighted by molar-refractivity contribution is 6.38. The van der Waals surface area contributed by atoms with Gasteiger partial charge < -0.3 is 15.2 Å². The van der Waals surface area contributed by atoms with Crippen LogP contribution in [0.15, 0.2) is 36.8 Å². The number of amides is 1. The molecule has 0 radical (unpaired) electrons. The fraction of sp³-hybridized carbons (Fsp3) is 0.381. The Kier molecular flexibility index (Phi) is 6.15. The predicted octanol–water partition coefficient (Wildman–Crippen LogP) is 4.75. The monoisotopic (exact) mass is 451 g/mol. The van der Waals surface area contributed by atoms with E-state index in [1.54, 1.807) is 6.33 Å². The van der Waals surface area contributed by atoms with Crippen LogP contribution in [0.3, 0.4) is 0 Å². The van der Waals surface area contributed by atoms with Gasteiger partial charge in [-0.15, -0.1) is 0 Å². The summed E-state index contributed by atoms with van der Waals surface area (Å²) in [6.45, 7) is 2.84. The van der Waals surface area contributed by atoms with E-state index in [1.807, 2.05) is 4.57 Å². The van der Waals surface area contributed by atoms with Crippen LogP contribution in [-0.4, -0.2) is 33.5 Å². The van der Waals surface area contributed by atoms with Gasteiger partial charge in [-0.2, -0.15) is 13.2 Å². The summed E-state index contributed by atoms with van der Waals surface area (Å²) in [5.74, 6) is 0.0892. The number of carbonyl (C=O) groups excluding carboxylic acids is 1. The molecule has 1 aliphatic rings. The Bertz CT molecular complexity index is 1080. The molecule has 4 rings (SSSR count). The Balaban J connectivity index is 1.48. The third-order valence-electron chi connectivity index (χ3n) is 5.52. The SMILES string of the molecule is O=C(Nc1ccc(C(F)(F)F)cc1)c1cnc2c(ncn2CCC2CCNCC2)c1Cl. The fourth-order valence-corrected chi connectivity index (χ4v) is 4.00. The third-order valence-corrected chi connectivity index (χ3v) is 5.90. The number of carbonyl (C=O) groups is 1. The molecule has 0 unspecified atom stereocenters. The van der Waals surface area contributed by atoms with E-state index in [0.29, 0.717) is 17.1 Å². The quantitative estimate of drug-likeness (QED) is 0.587. The van der Waals surface area contributed by atoms with Gasteiger partial charge in [0.05, 0.1) is 22.5 Å². The number of hydrogen-bond acceptors (Lipinski definition) is 4. The van der Waals surface area contributed by atoms with Crippen LogP contribution in [0, 0.1) is 5.92 Å². The van der Waals surface area contributed by atoms with Gasteiger partial charge in [0, 0.05) is 18.4 Å². The highest BCUT2D eigenvalue weighted by atomic mass is 35.5. The summed E-state index contributed by atoms with van der Waals surface area (Å²) >= 11 is 6.42. The van der Waals surface area contributed by atoms with Crippen molar-refractivity contribution in [1.82, 2.24) is 19.9 Å². The van der Waals surface area contributed by atoms with Gasteiger partial charge in [0.15, 0.2) is 5.65 Å². The van der Waals surface area contributed by atoms with Crippen molar-refractivity contribution in [2.24, 2.45) is 5.92 Å². The molecule has 0 atom stereocenters. The molecule has 1 saturated heterocycles. The Morgan fingerprint density at radius 1 is 1.19 bits per heavy atom. The molecule has 0 aliphatic carbocycles. The number of piperidine rings is 1. The van der Waals surface area contributed by atoms with Crippen molar-refractivity contribution < 1.29 is 18.0 Å². The number of alkyl halides is 3. The third kappa shape index (κ3) is 4.83. The van der Waals surface area contributed by atoms with E-state index < -0.39 is 17.6 Å². The Morgan fingerprint density at radius 2 is 1.90 bits per heavy atom. The van der Waals surface area contributed by atoms with Gasteiger partial charge in [-0.25, -0.2) is 9.97 Å². The fourth-order valence-electron chi connectivity index (χ4n) is 3.73. The van der Waals surface area contributed by atoms with Gasteiger partial charge in [0.1, 0.15) is 5.52 Å². The molecule has 0 bridgehead atoms. The first-order chi connectivity index (χ1) is 14.8. The number of rotatable bonds is 5. The number of benzene rings is 1.